The first-order chi connectivity index (χ1) is 7.27. The zero-order valence-electron chi connectivity index (χ0n) is 9.34. The molecule has 2 N–H and O–H groups in total. The Hall–Kier alpha value is -1.35. The lowest BCUT2D eigenvalue weighted by Crippen LogP contribution is -2.17. The Balaban J connectivity index is 2.52. The van der Waals surface area contributed by atoms with Gasteiger partial charge in [0.2, 0.25) is 0 Å². The summed E-state index contributed by atoms with van der Waals surface area (Å²) in [5.74, 6) is -0.0308. The second-order valence-corrected chi connectivity index (χ2v) is 3.48. The van der Waals surface area contributed by atoms with E-state index in [0.717, 1.165) is 24.9 Å². The highest BCUT2D eigenvalue weighted by atomic mass is 16.1. The smallest absolute Gasteiger partial charge is 0.251 e. The van der Waals surface area contributed by atoms with Gasteiger partial charge in [-0.15, -0.1) is 0 Å². The fourth-order valence-corrected chi connectivity index (χ4v) is 1.44. The molecule has 3 heteroatoms. The van der Waals surface area contributed by atoms with Gasteiger partial charge in [0.25, 0.3) is 5.91 Å². The van der Waals surface area contributed by atoms with Gasteiger partial charge < -0.3 is 10.6 Å². The van der Waals surface area contributed by atoms with Crippen LogP contribution in [0.15, 0.2) is 24.3 Å². The van der Waals surface area contributed by atoms with E-state index in [0.29, 0.717) is 0 Å². The van der Waals surface area contributed by atoms with Crippen molar-refractivity contribution in [1.82, 2.24) is 10.6 Å². The van der Waals surface area contributed by atoms with Crippen molar-refractivity contribution in [1.29, 1.82) is 0 Å². The molecule has 0 fully saturated rings. The third-order valence-electron chi connectivity index (χ3n) is 2.34. The number of aryl methyl sites for hydroxylation is 1. The van der Waals surface area contributed by atoms with E-state index in [9.17, 15) is 4.79 Å². The van der Waals surface area contributed by atoms with Gasteiger partial charge in [-0.3, -0.25) is 4.79 Å². The normalized spacial score (nSPS) is 10.0. The molecule has 1 rings (SSSR count). The van der Waals surface area contributed by atoms with Crippen LogP contribution in [0, 0.1) is 0 Å². The zero-order valence-corrected chi connectivity index (χ0v) is 9.34. The van der Waals surface area contributed by atoms with Crippen LogP contribution in [0.4, 0.5) is 0 Å². The van der Waals surface area contributed by atoms with E-state index >= 15 is 0 Å². The average Bonchev–Trinajstić information content (AvgIpc) is 2.29. The minimum atomic E-state index is -0.0308. The lowest BCUT2D eigenvalue weighted by molar-refractivity contribution is 0.0963. The van der Waals surface area contributed by atoms with Crippen LogP contribution >= 0.6 is 0 Å². The molecule has 1 aromatic rings. The molecule has 3 nitrogen and oxygen atoms in total. The molecular formula is C12H18N2O. The van der Waals surface area contributed by atoms with Crippen LogP contribution < -0.4 is 10.6 Å². The molecule has 0 radical (unpaired) electrons. The summed E-state index contributed by atoms with van der Waals surface area (Å²) in [6, 6.07) is 7.77. The van der Waals surface area contributed by atoms with Crippen LogP contribution in [0.1, 0.15) is 22.3 Å². The summed E-state index contributed by atoms with van der Waals surface area (Å²) >= 11 is 0. The number of hydrogen-bond acceptors (Lipinski definition) is 2. The summed E-state index contributed by atoms with van der Waals surface area (Å²) in [5.41, 5.74) is 1.99. The van der Waals surface area contributed by atoms with Gasteiger partial charge in [0.15, 0.2) is 0 Å². The fourth-order valence-electron chi connectivity index (χ4n) is 1.44. The number of carbonyl (C=O) groups excluding carboxylic acids is 1. The van der Waals surface area contributed by atoms with Crippen molar-refractivity contribution in [2.45, 2.75) is 12.8 Å². The number of rotatable bonds is 5. The van der Waals surface area contributed by atoms with E-state index in [1.807, 2.05) is 31.3 Å². The predicted octanol–water partition coefficient (Wildman–Crippen LogP) is 1.20. The quantitative estimate of drug-likeness (QED) is 0.711. The van der Waals surface area contributed by atoms with Crippen LogP contribution in [-0.4, -0.2) is 26.5 Å². The molecule has 0 heterocycles. The molecule has 0 bridgehead atoms. The average molecular weight is 206 g/mol. The van der Waals surface area contributed by atoms with Gasteiger partial charge in [0, 0.05) is 12.6 Å². The Morgan fingerprint density at radius 2 is 1.87 bits per heavy atom. The van der Waals surface area contributed by atoms with Crippen LogP contribution in [0.5, 0.6) is 0 Å². The largest absolute Gasteiger partial charge is 0.355 e. The highest BCUT2D eigenvalue weighted by molar-refractivity contribution is 5.93. The first kappa shape index (κ1) is 11.7. The van der Waals surface area contributed by atoms with Crippen LogP contribution in [0.2, 0.25) is 0 Å². The van der Waals surface area contributed by atoms with Crippen molar-refractivity contribution in [2.24, 2.45) is 0 Å². The number of benzene rings is 1. The van der Waals surface area contributed by atoms with E-state index in [1.165, 1.54) is 5.56 Å². The maximum atomic E-state index is 11.3. The van der Waals surface area contributed by atoms with Gasteiger partial charge in [0.1, 0.15) is 0 Å². The lowest BCUT2D eigenvalue weighted by Gasteiger charge is -2.03. The molecule has 0 aliphatic heterocycles. The van der Waals surface area contributed by atoms with Crippen molar-refractivity contribution in [3.05, 3.63) is 35.4 Å². The topological polar surface area (TPSA) is 41.1 Å². The third-order valence-corrected chi connectivity index (χ3v) is 2.34. The van der Waals surface area contributed by atoms with Gasteiger partial charge in [-0.25, -0.2) is 0 Å². The number of carbonyl (C=O) groups is 1. The molecule has 1 amide bonds. The number of hydrogen-bond donors (Lipinski definition) is 2. The maximum absolute atomic E-state index is 11.3. The molecule has 0 unspecified atom stereocenters. The maximum Gasteiger partial charge on any atom is 0.251 e. The van der Waals surface area contributed by atoms with Gasteiger partial charge >= 0.3 is 0 Å². The molecular weight excluding hydrogens is 188 g/mol. The Bertz CT molecular complexity index is 306. The summed E-state index contributed by atoms with van der Waals surface area (Å²) in [6.45, 7) is 1.02. The van der Waals surface area contributed by atoms with Crippen molar-refractivity contribution >= 4 is 5.91 Å². The molecule has 0 aliphatic rings. The minimum Gasteiger partial charge on any atom is -0.355 e. The number of nitrogens with one attached hydrogen (secondary N) is 2. The summed E-state index contributed by atoms with van der Waals surface area (Å²) < 4.78 is 0. The Labute approximate surface area is 90.9 Å². The predicted molar refractivity (Wildman–Crippen MR) is 62.1 cm³/mol. The van der Waals surface area contributed by atoms with Crippen molar-refractivity contribution in [3.8, 4) is 0 Å². The van der Waals surface area contributed by atoms with Gasteiger partial charge in [-0.2, -0.15) is 0 Å². The lowest BCUT2D eigenvalue weighted by atomic mass is 10.1. The monoisotopic (exact) mass is 206 g/mol. The van der Waals surface area contributed by atoms with Crippen LogP contribution in [-0.2, 0) is 6.42 Å². The van der Waals surface area contributed by atoms with Gasteiger partial charge in [-0.1, -0.05) is 12.1 Å². The molecule has 0 saturated heterocycles. The van der Waals surface area contributed by atoms with E-state index in [1.54, 1.807) is 7.05 Å². The Kier molecular flexibility index (Phi) is 4.84. The molecule has 1 aromatic carbocycles. The van der Waals surface area contributed by atoms with Crippen molar-refractivity contribution < 1.29 is 4.79 Å². The van der Waals surface area contributed by atoms with E-state index < -0.39 is 0 Å². The summed E-state index contributed by atoms with van der Waals surface area (Å²) in [5, 5.41) is 5.72. The fraction of sp³-hybridized carbons (Fsp3) is 0.417. The molecule has 0 saturated carbocycles. The molecule has 15 heavy (non-hydrogen) atoms. The van der Waals surface area contributed by atoms with Gasteiger partial charge in [-0.05, 0) is 44.1 Å². The molecule has 0 spiro atoms. The number of amides is 1. The standard InChI is InChI=1S/C12H18N2O/c1-13-9-3-4-10-5-7-11(8-6-10)12(15)14-2/h5-8,13H,3-4,9H2,1-2H3,(H,14,15). The second-order valence-electron chi connectivity index (χ2n) is 3.48. The van der Waals surface area contributed by atoms with E-state index in [4.69, 9.17) is 0 Å². The Morgan fingerprint density at radius 1 is 1.20 bits per heavy atom. The zero-order chi connectivity index (χ0) is 11.1. The Morgan fingerprint density at radius 3 is 2.40 bits per heavy atom. The molecule has 0 aliphatic carbocycles. The van der Waals surface area contributed by atoms with Crippen molar-refractivity contribution in [2.75, 3.05) is 20.6 Å². The molecule has 0 aromatic heterocycles. The highest BCUT2D eigenvalue weighted by Crippen LogP contribution is 2.06. The first-order valence-corrected chi connectivity index (χ1v) is 5.23. The van der Waals surface area contributed by atoms with E-state index in [-0.39, 0.29) is 5.91 Å². The van der Waals surface area contributed by atoms with E-state index in [2.05, 4.69) is 10.6 Å². The van der Waals surface area contributed by atoms with Crippen LogP contribution in [0.25, 0.3) is 0 Å². The molecule has 82 valence electrons. The summed E-state index contributed by atoms with van der Waals surface area (Å²) in [6.07, 6.45) is 2.17. The summed E-state index contributed by atoms with van der Waals surface area (Å²) in [7, 11) is 3.60. The second kappa shape index (κ2) is 6.19. The van der Waals surface area contributed by atoms with Crippen molar-refractivity contribution in [3.63, 3.8) is 0 Å². The minimum absolute atomic E-state index is 0.0308. The van der Waals surface area contributed by atoms with Crippen LogP contribution in [0.3, 0.4) is 0 Å². The SMILES string of the molecule is CNCCCc1ccc(C(=O)NC)cc1. The molecule has 0 atom stereocenters. The third kappa shape index (κ3) is 3.72. The van der Waals surface area contributed by atoms with Gasteiger partial charge in [0.05, 0.1) is 0 Å². The summed E-state index contributed by atoms with van der Waals surface area (Å²) in [4.78, 5) is 11.3. The highest BCUT2D eigenvalue weighted by Gasteiger charge is 2.01. The first-order valence-electron chi connectivity index (χ1n) is 5.23.